The smallest absolute Gasteiger partial charge is 0.251 e. The fourth-order valence-electron chi connectivity index (χ4n) is 4.08. The van der Waals surface area contributed by atoms with Crippen LogP contribution in [-0.2, 0) is 10.0 Å². The summed E-state index contributed by atoms with van der Waals surface area (Å²) < 4.78 is 39.9. The maximum absolute atomic E-state index is 14.7. The summed E-state index contributed by atoms with van der Waals surface area (Å²) in [6, 6.07) is 11.3. The molecular weight excluding hydrogens is 443 g/mol. The number of amides is 1. The van der Waals surface area contributed by atoms with Crippen molar-refractivity contribution in [3.63, 3.8) is 0 Å². The highest BCUT2D eigenvalue weighted by atomic mass is 32.2. The molecule has 0 aliphatic carbocycles. The number of carbonyl (C=O) groups excluding carboxylic acids is 1. The van der Waals surface area contributed by atoms with E-state index in [1.54, 1.807) is 26.0 Å². The van der Waals surface area contributed by atoms with Gasteiger partial charge in [0.2, 0.25) is 10.0 Å². The molecule has 0 bridgehead atoms. The summed E-state index contributed by atoms with van der Waals surface area (Å²) in [5.74, 6) is 0.0191. The molecule has 0 spiro atoms. The third-order valence-corrected chi connectivity index (χ3v) is 6.41. The molecule has 2 heterocycles. The zero-order valence-electron chi connectivity index (χ0n) is 18.9. The molecule has 9 heteroatoms. The lowest BCUT2D eigenvalue weighted by atomic mass is 10.0. The van der Waals surface area contributed by atoms with E-state index in [0.717, 1.165) is 42.1 Å². The maximum atomic E-state index is 14.7. The highest BCUT2D eigenvalue weighted by Gasteiger charge is 2.19. The topological polar surface area (TPSA) is 91.4 Å². The number of aryl methyl sites for hydroxylation is 1. The first-order valence-electron chi connectivity index (χ1n) is 10.9. The van der Waals surface area contributed by atoms with Crippen molar-refractivity contribution in [2.24, 2.45) is 0 Å². The SMILES string of the molecule is Cc1cc([C@@H](C)NC(=O)c2ccc3nc(N4CCCC4)ccc3c2)c(F)cc1NS(C)(=O)=O. The van der Waals surface area contributed by atoms with E-state index in [1.165, 1.54) is 18.9 Å². The second-order valence-electron chi connectivity index (χ2n) is 8.53. The van der Waals surface area contributed by atoms with Crippen LogP contribution in [0, 0.1) is 12.7 Å². The Labute approximate surface area is 193 Å². The second kappa shape index (κ2) is 8.97. The van der Waals surface area contributed by atoms with Crippen molar-refractivity contribution >= 4 is 38.3 Å². The lowest BCUT2D eigenvalue weighted by Gasteiger charge is -2.18. The Balaban J connectivity index is 1.51. The number of benzene rings is 2. The number of nitrogens with zero attached hydrogens (tertiary/aromatic N) is 2. The summed E-state index contributed by atoms with van der Waals surface area (Å²) in [5, 5.41) is 3.68. The molecule has 1 amide bonds. The van der Waals surface area contributed by atoms with Crippen molar-refractivity contribution in [1.82, 2.24) is 10.3 Å². The van der Waals surface area contributed by atoms with Crippen molar-refractivity contribution < 1.29 is 17.6 Å². The normalized spacial score (nSPS) is 15.0. The third-order valence-electron chi connectivity index (χ3n) is 5.82. The van der Waals surface area contributed by atoms with Gasteiger partial charge in [0.05, 0.1) is 23.5 Å². The largest absolute Gasteiger partial charge is 0.357 e. The van der Waals surface area contributed by atoms with Crippen molar-refractivity contribution in [1.29, 1.82) is 0 Å². The van der Waals surface area contributed by atoms with Crippen LogP contribution in [0.2, 0.25) is 0 Å². The quantitative estimate of drug-likeness (QED) is 0.565. The van der Waals surface area contributed by atoms with Gasteiger partial charge in [0.1, 0.15) is 11.6 Å². The van der Waals surface area contributed by atoms with Gasteiger partial charge >= 0.3 is 0 Å². The molecule has 1 aliphatic heterocycles. The van der Waals surface area contributed by atoms with E-state index in [4.69, 9.17) is 4.98 Å². The van der Waals surface area contributed by atoms with E-state index in [9.17, 15) is 17.6 Å². The van der Waals surface area contributed by atoms with Gasteiger partial charge in [0.25, 0.3) is 5.91 Å². The molecule has 2 aromatic carbocycles. The van der Waals surface area contributed by atoms with Crippen molar-refractivity contribution in [2.45, 2.75) is 32.7 Å². The van der Waals surface area contributed by atoms with Crippen LogP contribution in [0.5, 0.6) is 0 Å². The number of halogens is 1. The van der Waals surface area contributed by atoms with Crippen molar-refractivity contribution in [3.8, 4) is 0 Å². The number of nitrogens with one attached hydrogen (secondary N) is 2. The van der Waals surface area contributed by atoms with Gasteiger partial charge in [-0.2, -0.15) is 0 Å². The van der Waals surface area contributed by atoms with E-state index in [1.807, 2.05) is 18.2 Å². The molecule has 0 saturated carbocycles. The van der Waals surface area contributed by atoms with E-state index < -0.39 is 21.9 Å². The molecule has 0 unspecified atom stereocenters. The van der Waals surface area contributed by atoms with Crippen LogP contribution in [0.25, 0.3) is 10.9 Å². The minimum absolute atomic E-state index is 0.174. The highest BCUT2D eigenvalue weighted by molar-refractivity contribution is 7.92. The van der Waals surface area contributed by atoms with E-state index in [0.29, 0.717) is 11.1 Å². The number of hydrogen-bond acceptors (Lipinski definition) is 5. The van der Waals surface area contributed by atoms with Crippen LogP contribution in [-0.4, -0.2) is 38.7 Å². The predicted molar refractivity (Wildman–Crippen MR) is 129 cm³/mol. The molecule has 174 valence electrons. The van der Waals surface area contributed by atoms with Crippen molar-refractivity contribution in [2.75, 3.05) is 29.0 Å². The first-order chi connectivity index (χ1) is 15.6. The molecule has 4 rings (SSSR count). The van der Waals surface area contributed by atoms with Gasteiger partial charge in [-0.15, -0.1) is 0 Å². The molecule has 1 saturated heterocycles. The van der Waals surface area contributed by atoms with Gasteiger partial charge in [-0.3, -0.25) is 9.52 Å². The molecule has 2 N–H and O–H groups in total. The van der Waals surface area contributed by atoms with Gasteiger partial charge in [0.15, 0.2) is 0 Å². The summed E-state index contributed by atoms with van der Waals surface area (Å²) in [4.78, 5) is 19.8. The van der Waals surface area contributed by atoms with Crippen LogP contribution >= 0.6 is 0 Å². The first kappa shape index (κ1) is 23.0. The summed E-state index contributed by atoms with van der Waals surface area (Å²) in [6.45, 7) is 5.39. The summed E-state index contributed by atoms with van der Waals surface area (Å²) >= 11 is 0. The van der Waals surface area contributed by atoms with E-state index >= 15 is 0 Å². The zero-order chi connectivity index (χ0) is 23.8. The zero-order valence-corrected chi connectivity index (χ0v) is 19.7. The minimum atomic E-state index is -3.52. The van der Waals surface area contributed by atoms with Gasteiger partial charge < -0.3 is 10.2 Å². The van der Waals surface area contributed by atoms with Gasteiger partial charge in [-0.25, -0.2) is 17.8 Å². The summed E-state index contributed by atoms with van der Waals surface area (Å²) in [7, 11) is -3.52. The van der Waals surface area contributed by atoms with Crippen LogP contribution < -0.4 is 14.9 Å². The molecule has 1 fully saturated rings. The Morgan fingerprint density at radius 1 is 1.12 bits per heavy atom. The average molecular weight is 471 g/mol. The molecule has 1 aromatic heterocycles. The average Bonchev–Trinajstić information content (AvgIpc) is 3.29. The van der Waals surface area contributed by atoms with Gasteiger partial charge in [-0.1, -0.05) is 0 Å². The molecule has 1 aliphatic rings. The van der Waals surface area contributed by atoms with Crippen LogP contribution in [0.3, 0.4) is 0 Å². The Morgan fingerprint density at radius 3 is 2.55 bits per heavy atom. The fraction of sp³-hybridized carbons (Fsp3) is 0.333. The summed E-state index contributed by atoms with van der Waals surface area (Å²) in [5.41, 5.74) is 2.28. The highest BCUT2D eigenvalue weighted by Crippen LogP contribution is 2.26. The Morgan fingerprint density at radius 2 is 1.85 bits per heavy atom. The summed E-state index contributed by atoms with van der Waals surface area (Å²) in [6.07, 6.45) is 3.36. The second-order valence-corrected chi connectivity index (χ2v) is 10.3. The first-order valence-corrected chi connectivity index (χ1v) is 12.7. The predicted octanol–water partition coefficient (Wildman–Crippen LogP) is 4.15. The van der Waals surface area contributed by atoms with E-state index in [-0.39, 0.29) is 17.2 Å². The molecule has 0 radical (unpaired) electrons. The van der Waals surface area contributed by atoms with Gasteiger partial charge in [0, 0.05) is 29.6 Å². The lowest BCUT2D eigenvalue weighted by molar-refractivity contribution is 0.0939. The van der Waals surface area contributed by atoms with Crippen LogP contribution in [0.1, 0.15) is 47.3 Å². The number of aromatic nitrogens is 1. The number of sulfonamides is 1. The maximum Gasteiger partial charge on any atom is 0.251 e. The minimum Gasteiger partial charge on any atom is -0.357 e. The molecule has 3 aromatic rings. The monoisotopic (exact) mass is 470 g/mol. The van der Waals surface area contributed by atoms with Crippen molar-refractivity contribution in [3.05, 3.63) is 65.0 Å². The number of fused-ring (bicyclic) bond motifs is 1. The number of pyridine rings is 1. The van der Waals surface area contributed by atoms with Gasteiger partial charge in [-0.05, 0) is 74.7 Å². The van der Waals surface area contributed by atoms with E-state index in [2.05, 4.69) is 14.9 Å². The molecule has 33 heavy (non-hydrogen) atoms. The number of anilines is 2. The Hall–Kier alpha value is -3.20. The van der Waals surface area contributed by atoms with Crippen LogP contribution in [0.4, 0.5) is 15.9 Å². The molecule has 7 nitrogen and oxygen atoms in total. The fourth-order valence-corrected chi connectivity index (χ4v) is 4.70. The molecule has 1 atom stereocenters. The number of hydrogen-bond donors (Lipinski definition) is 2. The number of carbonyl (C=O) groups is 1. The van der Waals surface area contributed by atoms with Crippen LogP contribution in [0.15, 0.2) is 42.5 Å². The lowest BCUT2D eigenvalue weighted by Crippen LogP contribution is -2.27. The number of rotatable bonds is 6. The molecular formula is C24H27FN4O3S. The Bertz CT molecular complexity index is 1320. The standard InChI is InChI=1S/C24H27FN4O3S/c1-15-12-19(20(25)14-22(15)28-33(3,31)32)16(2)26-24(30)18-6-8-21-17(13-18)7-9-23(27-21)29-10-4-5-11-29/h6-9,12-14,16,28H,4-5,10-11H2,1-3H3,(H,26,30)/t16-/m1/s1. The third kappa shape index (κ3) is 5.24. The Kier molecular flexibility index (Phi) is 6.25.